The van der Waals surface area contributed by atoms with Crippen LogP contribution in [0.15, 0.2) is 0 Å². The maximum absolute atomic E-state index is 11.1. The summed E-state index contributed by atoms with van der Waals surface area (Å²) < 4.78 is 4.62. The summed E-state index contributed by atoms with van der Waals surface area (Å²) in [5.41, 5.74) is 0. The van der Waals surface area contributed by atoms with E-state index < -0.39 is 17.9 Å². The molecule has 4 nitrogen and oxygen atoms in total. The molecule has 1 atom stereocenters. The number of aliphatic carboxylic acids is 1. The Morgan fingerprint density at radius 2 is 2.21 bits per heavy atom. The summed E-state index contributed by atoms with van der Waals surface area (Å²) in [6.07, 6.45) is 6.24. The number of rotatable bonds is 6. The van der Waals surface area contributed by atoms with E-state index in [9.17, 15) is 9.59 Å². The minimum atomic E-state index is -1.15. The zero-order chi connectivity index (χ0) is 11.0. The van der Waals surface area contributed by atoms with E-state index in [1.807, 2.05) is 0 Å². The van der Waals surface area contributed by atoms with Gasteiger partial charge in [-0.2, -0.15) is 0 Å². The highest BCUT2D eigenvalue weighted by molar-refractivity contribution is 5.93. The SMILES string of the molecule is C#CCCCC(C(=O)O)C(=O)OCC. The van der Waals surface area contributed by atoms with Crippen molar-refractivity contribution in [2.24, 2.45) is 5.92 Å². The molecular formula is C10H14O4. The van der Waals surface area contributed by atoms with Gasteiger partial charge in [0.2, 0.25) is 0 Å². The molecule has 0 aromatic rings. The van der Waals surface area contributed by atoms with Gasteiger partial charge in [-0.3, -0.25) is 9.59 Å². The van der Waals surface area contributed by atoms with Gasteiger partial charge < -0.3 is 9.84 Å². The van der Waals surface area contributed by atoms with Crippen LogP contribution >= 0.6 is 0 Å². The van der Waals surface area contributed by atoms with Crippen molar-refractivity contribution in [1.29, 1.82) is 0 Å². The first-order valence-corrected chi connectivity index (χ1v) is 4.46. The Labute approximate surface area is 83.3 Å². The van der Waals surface area contributed by atoms with Crippen LogP contribution in [0.3, 0.4) is 0 Å². The Morgan fingerprint density at radius 1 is 1.57 bits per heavy atom. The van der Waals surface area contributed by atoms with Gasteiger partial charge in [-0.1, -0.05) is 0 Å². The Kier molecular flexibility index (Phi) is 6.21. The van der Waals surface area contributed by atoms with Crippen LogP contribution in [-0.2, 0) is 14.3 Å². The lowest BCUT2D eigenvalue weighted by Crippen LogP contribution is -2.25. The molecule has 0 radical (unpaired) electrons. The Morgan fingerprint density at radius 3 is 2.64 bits per heavy atom. The fraction of sp³-hybridized carbons (Fsp3) is 0.600. The third-order valence-corrected chi connectivity index (χ3v) is 1.68. The molecule has 0 heterocycles. The molecule has 0 spiro atoms. The Balaban J connectivity index is 4.09. The number of ether oxygens (including phenoxy) is 1. The minimum Gasteiger partial charge on any atom is -0.481 e. The van der Waals surface area contributed by atoms with Crippen LogP contribution in [0, 0.1) is 18.3 Å². The normalized spacial score (nSPS) is 11.4. The number of carboxylic acids is 1. The minimum absolute atomic E-state index is 0.192. The lowest BCUT2D eigenvalue weighted by atomic mass is 10.0. The van der Waals surface area contributed by atoms with E-state index in [0.29, 0.717) is 12.8 Å². The molecule has 0 bridgehead atoms. The average Bonchev–Trinajstić information content (AvgIpc) is 2.12. The van der Waals surface area contributed by atoms with Crippen molar-refractivity contribution in [3.8, 4) is 12.3 Å². The summed E-state index contributed by atoms with van der Waals surface area (Å²) in [6, 6.07) is 0. The predicted molar refractivity (Wildman–Crippen MR) is 50.4 cm³/mol. The third kappa shape index (κ3) is 4.51. The summed E-state index contributed by atoms with van der Waals surface area (Å²) in [7, 11) is 0. The van der Waals surface area contributed by atoms with Gasteiger partial charge in [0.05, 0.1) is 6.61 Å². The zero-order valence-corrected chi connectivity index (χ0v) is 8.16. The highest BCUT2D eigenvalue weighted by Gasteiger charge is 2.26. The highest BCUT2D eigenvalue weighted by Crippen LogP contribution is 2.10. The molecule has 1 unspecified atom stereocenters. The molecule has 0 aliphatic rings. The quantitative estimate of drug-likeness (QED) is 0.300. The molecule has 0 rings (SSSR count). The van der Waals surface area contributed by atoms with E-state index in [1.54, 1.807) is 6.92 Å². The molecule has 0 saturated carbocycles. The molecule has 0 fully saturated rings. The van der Waals surface area contributed by atoms with Crippen molar-refractivity contribution in [3.05, 3.63) is 0 Å². The molecule has 0 aliphatic carbocycles. The van der Waals surface area contributed by atoms with Crippen LogP contribution in [-0.4, -0.2) is 23.7 Å². The van der Waals surface area contributed by atoms with Gasteiger partial charge in [0.1, 0.15) is 0 Å². The topological polar surface area (TPSA) is 63.6 Å². The molecular weight excluding hydrogens is 184 g/mol. The number of carboxylic acid groups (broad SMARTS) is 1. The van der Waals surface area contributed by atoms with Gasteiger partial charge in [0, 0.05) is 6.42 Å². The van der Waals surface area contributed by atoms with Crippen molar-refractivity contribution in [2.45, 2.75) is 26.2 Å². The molecule has 0 aromatic carbocycles. The summed E-state index contributed by atoms with van der Waals surface area (Å²) in [6.45, 7) is 1.83. The van der Waals surface area contributed by atoms with Crippen LogP contribution in [0.1, 0.15) is 26.2 Å². The maximum atomic E-state index is 11.1. The third-order valence-electron chi connectivity index (χ3n) is 1.68. The first kappa shape index (κ1) is 12.5. The largest absolute Gasteiger partial charge is 0.481 e. The van der Waals surface area contributed by atoms with Crippen molar-refractivity contribution in [3.63, 3.8) is 0 Å². The van der Waals surface area contributed by atoms with Crippen LogP contribution in [0.4, 0.5) is 0 Å². The number of hydrogen-bond acceptors (Lipinski definition) is 3. The smallest absolute Gasteiger partial charge is 0.320 e. The number of unbranched alkanes of at least 4 members (excludes halogenated alkanes) is 1. The summed E-state index contributed by atoms with van der Waals surface area (Å²) in [5, 5.41) is 8.72. The number of carbonyl (C=O) groups is 2. The summed E-state index contributed by atoms with van der Waals surface area (Å²) in [4.78, 5) is 21.8. The second kappa shape index (κ2) is 6.96. The number of terminal acetylenes is 1. The average molecular weight is 198 g/mol. The lowest BCUT2D eigenvalue weighted by molar-refractivity contribution is -0.158. The Bertz CT molecular complexity index is 239. The van der Waals surface area contributed by atoms with Gasteiger partial charge in [-0.25, -0.2) is 0 Å². The molecule has 0 saturated heterocycles. The van der Waals surface area contributed by atoms with Crippen molar-refractivity contribution in [2.75, 3.05) is 6.61 Å². The zero-order valence-electron chi connectivity index (χ0n) is 8.16. The fourth-order valence-electron chi connectivity index (χ4n) is 0.993. The monoisotopic (exact) mass is 198 g/mol. The maximum Gasteiger partial charge on any atom is 0.320 e. The van der Waals surface area contributed by atoms with Crippen molar-refractivity contribution >= 4 is 11.9 Å². The molecule has 14 heavy (non-hydrogen) atoms. The summed E-state index contributed by atoms with van der Waals surface area (Å²) in [5.74, 6) is -0.528. The molecule has 0 aliphatic heterocycles. The lowest BCUT2D eigenvalue weighted by Gasteiger charge is -2.09. The standard InChI is InChI=1S/C10H14O4/c1-3-5-6-7-8(9(11)12)10(13)14-4-2/h1,8H,4-7H2,2H3,(H,11,12). The van der Waals surface area contributed by atoms with Gasteiger partial charge in [0.15, 0.2) is 5.92 Å². The fourth-order valence-corrected chi connectivity index (χ4v) is 0.993. The number of carbonyl (C=O) groups excluding carboxylic acids is 1. The van der Waals surface area contributed by atoms with Crippen LogP contribution in [0.25, 0.3) is 0 Å². The van der Waals surface area contributed by atoms with E-state index in [1.165, 1.54) is 0 Å². The second-order valence-electron chi connectivity index (χ2n) is 2.74. The molecule has 0 amide bonds. The van der Waals surface area contributed by atoms with E-state index in [0.717, 1.165) is 0 Å². The second-order valence-corrected chi connectivity index (χ2v) is 2.74. The first-order chi connectivity index (χ1) is 6.63. The number of esters is 1. The predicted octanol–water partition coefficient (Wildman–Crippen LogP) is 1.05. The van der Waals surface area contributed by atoms with E-state index in [2.05, 4.69) is 10.7 Å². The Hall–Kier alpha value is -1.50. The summed E-state index contributed by atoms with van der Waals surface area (Å²) >= 11 is 0. The molecule has 0 aromatic heterocycles. The van der Waals surface area contributed by atoms with Crippen LogP contribution in [0.5, 0.6) is 0 Å². The van der Waals surface area contributed by atoms with E-state index in [-0.39, 0.29) is 13.0 Å². The van der Waals surface area contributed by atoms with Crippen LogP contribution in [0.2, 0.25) is 0 Å². The highest BCUT2D eigenvalue weighted by atomic mass is 16.5. The van der Waals surface area contributed by atoms with Gasteiger partial charge in [0.25, 0.3) is 0 Å². The molecule has 78 valence electrons. The number of hydrogen-bond donors (Lipinski definition) is 1. The van der Waals surface area contributed by atoms with Crippen molar-refractivity contribution < 1.29 is 19.4 Å². The molecule has 1 N–H and O–H groups in total. The van der Waals surface area contributed by atoms with Gasteiger partial charge in [-0.15, -0.1) is 12.3 Å². The van der Waals surface area contributed by atoms with Gasteiger partial charge >= 0.3 is 11.9 Å². The van der Waals surface area contributed by atoms with E-state index in [4.69, 9.17) is 11.5 Å². The van der Waals surface area contributed by atoms with Gasteiger partial charge in [-0.05, 0) is 19.8 Å². The van der Waals surface area contributed by atoms with E-state index >= 15 is 0 Å². The molecule has 4 heteroatoms. The van der Waals surface area contributed by atoms with Crippen LogP contribution < -0.4 is 0 Å². The first-order valence-electron chi connectivity index (χ1n) is 4.46. The van der Waals surface area contributed by atoms with Crippen molar-refractivity contribution in [1.82, 2.24) is 0 Å².